The lowest BCUT2D eigenvalue weighted by Gasteiger charge is -2.21. The molecule has 1 aromatic carbocycles. The van der Waals surface area contributed by atoms with Crippen LogP contribution in [0.5, 0.6) is 0 Å². The molecule has 2 fully saturated rings. The van der Waals surface area contributed by atoms with Gasteiger partial charge in [0, 0.05) is 38.9 Å². The Balaban J connectivity index is 1.35. The van der Waals surface area contributed by atoms with Crippen LogP contribution in [-0.2, 0) is 12.7 Å². The Kier molecular flexibility index (Phi) is 4.81. The number of hydrogen-bond acceptors (Lipinski definition) is 4. The number of primary amides is 1. The highest BCUT2D eigenvalue weighted by atomic mass is 19.4. The van der Waals surface area contributed by atoms with Gasteiger partial charge in [0.05, 0.1) is 5.56 Å². The van der Waals surface area contributed by atoms with Crippen LogP contribution in [0.4, 0.5) is 18.0 Å². The van der Waals surface area contributed by atoms with Crippen molar-refractivity contribution < 1.29 is 22.8 Å². The Bertz CT molecular complexity index is 928. The molecule has 0 saturated carbocycles. The molecule has 0 spiro atoms. The molecule has 4 rings (SSSR count). The number of nitrogens with two attached hydrogens (primary N) is 1. The summed E-state index contributed by atoms with van der Waals surface area (Å²) in [5.41, 5.74) is 5.18. The van der Waals surface area contributed by atoms with Gasteiger partial charge >= 0.3 is 12.2 Å². The molecule has 0 aliphatic carbocycles. The number of halogens is 3. The Morgan fingerprint density at radius 1 is 1.10 bits per heavy atom. The van der Waals surface area contributed by atoms with E-state index in [-0.39, 0.29) is 23.6 Å². The summed E-state index contributed by atoms with van der Waals surface area (Å²) >= 11 is 0. The van der Waals surface area contributed by atoms with Crippen molar-refractivity contribution in [1.82, 2.24) is 19.6 Å². The van der Waals surface area contributed by atoms with Gasteiger partial charge in [-0.1, -0.05) is 18.2 Å². The molecular weight excluding hydrogens is 387 g/mol. The number of nitrogens with zero attached hydrogens (tertiary/aromatic N) is 4. The molecular formula is C19H20F3N5O2. The molecule has 1 aromatic heterocycles. The summed E-state index contributed by atoms with van der Waals surface area (Å²) in [4.78, 5) is 27.5. The monoisotopic (exact) mass is 407 g/mol. The van der Waals surface area contributed by atoms with Crippen molar-refractivity contribution in [2.24, 2.45) is 17.6 Å². The fourth-order valence-corrected chi connectivity index (χ4v) is 4.19. The summed E-state index contributed by atoms with van der Waals surface area (Å²) in [6, 6.07) is 6.49. The number of likely N-dealkylation sites (tertiary alicyclic amines) is 2. The Morgan fingerprint density at radius 3 is 2.38 bits per heavy atom. The summed E-state index contributed by atoms with van der Waals surface area (Å²) in [6.07, 6.45) is -2.93. The number of carbonyl (C=O) groups is 2. The average Bonchev–Trinajstić information content (AvgIpc) is 3.35. The molecule has 29 heavy (non-hydrogen) atoms. The van der Waals surface area contributed by atoms with Crippen molar-refractivity contribution in [3.63, 3.8) is 0 Å². The third-order valence-electron chi connectivity index (χ3n) is 5.53. The zero-order chi connectivity index (χ0) is 20.8. The van der Waals surface area contributed by atoms with Gasteiger partial charge in [0.15, 0.2) is 5.69 Å². The van der Waals surface area contributed by atoms with Crippen molar-refractivity contribution >= 4 is 11.9 Å². The van der Waals surface area contributed by atoms with Gasteiger partial charge in [-0.2, -0.15) is 23.0 Å². The first-order chi connectivity index (χ1) is 13.7. The lowest BCUT2D eigenvalue weighted by atomic mass is 10.0. The molecule has 10 heteroatoms. The van der Waals surface area contributed by atoms with E-state index in [9.17, 15) is 22.8 Å². The minimum Gasteiger partial charge on any atom is -0.364 e. The number of benzene rings is 1. The first-order valence-corrected chi connectivity index (χ1v) is 9.24. The normalized spacial score (nSPS) is 22.1. The number of fused-ring (bicyclic) bond motifs is 1. The molecule has 2 saturated heterocycles. The minimum absolute atomic E-state index is 0.0324. The molecule has 2 unspecified atom stereocenters. The van der Waals surface area contributed by atoms with Crippen LogP contribution >= 0.6 is 0 Å². The van der Waals surface area contributed by atoms with Gasteiger partial charge in [0.2, 0.25) is 0 Å². The van der Waals surface area contributed by atoms with E-state index in [1.165, 1.54) is 24.4 Å². The number of carbonyl (C=O) groups excluding carboxylic acids is 2. The maximum Gasteiger partial charge on any atom is 0.416 e. The van der Waals surface area contributed by atoms with Crippen LogP contribution in [0, 0.1) is 11.8 Å². The number of hydrogen-bond donors (Lipinski definition) is 1. The molecule has 7 nitrogen and oxygen atoms in total. The minimum atomic E-state index is -4.35. The second-order valence-corrected chi connectivity index (χ2v) is 7.61. The van der Waals surface area contributed by atoms with Crippen molar-refractivity contribution in [2.45, 2.75) is 12.7 Å². The van der Waals surface area contributed by atoms with E-state index in [0.717, 1.165) is 23.8 Å². The van der Waals surface area contributed by atoms with Gasteiger partial charge in [-0.15, -0.1) is 0 Å². The van der Waals surface area contributed by atoms with Crippen LogP contribution in [0.2, 0.25) is 0 Å². The largest absolute Gasteiger partial charge is 0.416 e. The van der Waals surface area contributed by atoms with E-state index in [0.29, 0.717) is 25.2 Å². The zero-order valence-electron chi connectivity index (χ0n) is 15.5. The van der Waals surface area contributed by atoms with Crippen molar-refractivity contribution in [2.75, 3.05) is 26.2 Å². The second-order valence-electron chi connectivity index (χ2n) is 7.61. The smallest absolute Gasteiger partial charge is 0.364 e. The predicted octanol–water partition coefficient (Wildman–Crippen LogP) is 2.03. The van der Waals surface area contributed by atoms with E-state index in [1.54, 1.807) is 11.0 Å². The highest BCUT2D eigenvalue weighted by Crippen LogP contribution is 2.33. The number of amides is 2. The first kappa shape index (κ1) is 19.4. The van der Waals surface area contributed by atoms with Gasteiger partial charge < -0.3 is 10.6 Å². The topological polar surface area (TPSA) is 84.5 Å². The summed E-state index contributed by atoms with van der Waals surface area (Å²) in [6.45, 7) is 2.99. The van der Waals surface area contributed by atoms with Gasteiger partial charge in [-0.05, 0) is 29.5 Å². The molecule has 2 aliphatic rings. The Labute approximate surface area is 164 Å². The van der Waals surface area contributed by atoms with Crippen molar-refractivity contribution in [1.29, 1.82) is 0 Å². The van der Waals surface area contributed by atoms with E-state index in [4.69, 9.17) is 5.73 Å². The second kappa shape index (κ2) is 7.18. The van der Waals surface area contributed by atoms with Crippen LogP contribution in [0.15, 0.2) is 36.5 Å². The molecule has 154 valence electrons. The van der Waals surface area contributed by atoms with Crippen molar-refractivity contribution in [3.8, 4) is 0 Å². The maximum atomic E-state index is 12.9. The van der Waals surface area contributed by atoms with E-state index >= 15 is 0 Å². The number of rotatable bonds is 3. The molecule has 2 atom stereocenters. The van der Waals surface area contributed by atoms with E-state index < -0.39 is 17.6 Å². The third-order valence-corrected chi connectivity index (χ3v) is 5.53. The lowest BCUT2D eigenvalue weighted by molar-refractivity contribution is -0.137. The molecule has 3 heterocycles. The van der Waals surface area contributed by atoms with Gasteiger partial charge in [0.1, 0.15) is 0 Å². The molecule has 0 radical (unpaired) electrons. The van der Waals surface area contributed by atoms with Crippen LogP contribution in [0.1, 0.15) is 21.6 Å². The van der Waals surface area contributed by atoms with E-state index in [2.05, 4.69) is 10.00 Å². The average molecular weight is 407 g/mol. The standard InChI is InChI=1S/C19H20F3N5O2/c20-19(21,22)15-3-1-2-12(6-15)7-25-8-13-10-26(11-14(13)9-25)18(29)27-5-4-16(24-27)17(23)28/h1-6,13-14H,7-11H2,(H2,23,28). The molecule has 2 aromatic rings. The molecule has 0 bridgehead atoms. The molecule has 2 N–H and O–H groups in total. The zero-order valence-corrected chi connectivity index (χ0v) is 15.5. The highest BCUT2D eigenvalue weighted by molar-refractivity contribution is 5.91. The predicted molar refractivity (Wildman–Crippen MR) is 96.8 cm³/mol. The summed E-state index contributed by atoms with van der Waals surface area (Å²) in [5, 5.41) is 3.90. The fourth-order valence-electron chi connectivity index (χ4n) is 4.19. The van der Waals surface area contributed by atoms with E-state index in [1.807, 2.05) is 0 Å². The quantitative estimate of drug-likeness (QED) is 0.844. The molecule has 2 aliphatic heterocycles. The van der Waals surface area contributed by atoms with Gasteiger partial charge in [-0.3, -0.25) is 9.69 Å². The third kappa shape index (κ3) is 3.98. The maximum absolute atomic E-state index is 12.9. The van der Waals surface area contributed by atoms with Gasteiger partial charge in [0.25, 0.3) is 5.91 Å². The summed E-state index contributed by atoms with van der Waals surface area (Å²) in [5.74, 6) is -0.174. The SMILES string of the molecule is NC(=O)c1ccn(C(=O)N2CC3CN(Cc4cccc(C(F)(F)F)c4)CC3C2)n1. The lowest BCUT2D eigenvalue weighted by Crippen LogP contribution is -2.36. The Morgan fingerprint density at radius 2 is 1.79 bits per heavy atom. The number of aromatic nitrogens is 2. The summed E-state index contributed by atoms with van der Waals surface area (Å²) < 4.78 is 39.8. The van der Waals surface area contributed by atoms with Crippen LogP contribution in [-0.4, -0.2) is 57.7 Å². The number of alkyl halides is 3. The first-order valence-electron chi connectivity index (χ1n) is 9.24. The van der Waals surface area contributed by atoms with Crippen molar-refractivity contribution in [3.05, 3.63) is 53.3 Å². The van der Waals surface area contributed by atoms with Crippen LogP contribution in [0.25, 0.3) is 0 Å². The fraction of sp³-hybridized carbons (Fsp3) is 0.421. The Hall–Kier alpha value is -2.88. The van der Waals surface area contributed by atoms with Crippen LogP contribution in [0.3, 0.4) is 0 Å². The molecule has 2 amide bonds. The van der Waals surface area contributed by atoms with Gasteiger partial charge in [-0.25, -0.2) is 4.79 Å². The summed E-state index contributed by atoms with van der Waals surface area (Å²) in [7, 11) is 0. The highest BCUT2D eigenvalue weighted by Gasteiger charge is 2.42. The van der Waals surface area contributed by atoms with Crippen LogP contribution < -0.4 is 5.73 Å².